The molecule has 0 radical (unpaired) electrons. The van der Waals surface area contributed by atoms with Crippen LogP contribution in [0.4, 0.5) is 0 Å². The summed E-state index contributed by atoms with van der Waals surface area (Å²) in [6.45, 7) is 10.1. The Bertz CT molecular complexity index is 732. The molecule has 0 bridgehead atoms. The molecular formula is C20H27N3O. The van der Waals surface area contributed by atoms with Crippen molar-refractivity contribution in [2.75, 3.05) is 6.54 Å². The minimum Gasteiger partial charge on any atom is -0.335 e. The summed E-state index contributed by atoms with van der Waals surface area (Å²) >= 11 is 0. The number of hydrogen-bond donors (Lipinski definition) is 0. The highest BCUT2D eigenvalue weighted by molar-refractivity contribution is 5.94. The van der Waals surface area contributed by atoms with Crippen LogP contribution in [-0.4, -0.2) is 33.2 Å². The molecule has 1 aromatic heterocycles. The molecule has 0 N–H and O–H groups in total. The van der Waals surface area contributed by atoms with E-state index in [0.717, 1.165) is 41.9 Å². The molecule has 1 fully saturated rings. The van der Waals surface area contributed by atoms with Gasteiger partial charge >= 0.3 is 0 Å². The number of amides is 1. The van der Waals surface area contributed by atoms with Gasteiger partial charge in [0.05, 0.1) is 12.2 Å². The third-order valence-electron chi connectivity index (χ3n) is 4.94. The summed E-state index contributed by atoms with van der Waals surface area (Å²) in [7, 11) is 0. The second kappa shape index (κ2) is 6.80. The fraction of sp³-hybridized carbons (Fsp3) is 0.500. The smallest absolute Gasteiger partial charge is 0.254 e. The topological polar surface area (TPSA) is 38.1 Å². The maximum Gasteiger partial charge on any atom is 0.254 e. The van der Waals surface area contributed by atoms with Crippen LogP contribution in [-0.2, 0) is 6.54 Å². The summed E-state index contributed by atoms with van der Waals surface area (Å²) in [5.74, 6) is 0.677. The molecule has 1 aromatic carbocycles. The van der Waals surface area contributed by atoms with Crippen molar-refractivity contribution in [2.45, 2.75) is 53.1 Å². The molecule has 1 atom stereocenters. The highest BCUT2D eigenvalue weighted by atomic mass is 16.2. The van der Waals surface area contributed by atoms with Gasteiger partial charge in [0.2, 0.25) is 0 Å². The Kier molecular flexibility index (Phi) is 4.74. The summed E-state index contributed by atoms with van der Waals surface area (Å²) in [5, 5.41) is 4.51. The van der Waals surface area contributed by atoms with Crippen molar-refractivity contribution >= 4 is 5.91 Å². The summed E-state index contributed by atoms with van der Waals surface area (Å²) in [6, 6.07) is 10.5. The van der Waals surface area contributed by atoms with Crippen LogP contribution < -0.4 is 0 Å². The quantitative estimate of drug-likeness (QED) is 0.857. The molecule has 0 unspecified atom stereocenters. The van der Waals surface area contributed by atoms with Crippen LogP contribution in [0.3, 0.4) is 0 Å². The lowest BCUT2D eigenvalue weighted by Gasteiger charge is -2.28. The molecule has 2 aromatic rings. The maximum absolute atomic E-state index is 12.9. The van der Waals surface area contributed by atoms with Crippen LogP contribution in [0.5, 0.6) is 0 Å². The molecule has 24 heavy (non-hydrogen) atoms. The van der Waals surface area contributed by atoms with Crippen LogP contribution >= 0.6 is 0 Å². The molecule has 1 amide bonds. The number of nitrogens with zero attached hydrogens (tertiary/aromatic N) is 3. The van der Waals surface area contributed by atoms with E-state index in [-0.39, 0.29) is 5.91 Å². The average Bonchev–Trinajstić information content (AvgIpc) is 3.14. The summed E-state index contributed by atoms with van der Waals surface area (Å²) in [4.78, 5) is 15.0. The first-order valence-corrected chi connectivity index (χ1v) is 8.86. The molecule has 4 heteroatoms. The molecule has 1 aliphatic heterocycles. The molecule has 1 aliphatic rings. The normalized spacial score (nSPS) is 17.7. The van der Waals surface area contributed by atoms with Gasteiger partial charge in [0, 0.05) is 23.8 Å². The standard InChI is InChI=1S/C20H27N3O/c1-14(2)19-9-6-10-22(19)20(24)18-8-5-7-17(12-18)13-23-16(4)11-15(3)21-23/h5,7-8,11-12,14,19H,6,9-10,13H2,1-4H3/t19-/m0/s1. The summed E-state index contributed by atoms with van der Waals surface area (Å²) < 4.78 is 1.99. The first-order chi connectivity index (χ1) is 11.5. The summed E-state index contributed by atoms with van der Waals surface area (Å²) in [6.07, 6.45) is 2.23. The number of carbonyl (C=O) groups excluding carboxylic acids is 1. The van der Waals surface area contributed by atoms with Crippen molar-refractivity contribution in [1.82, 2.24) is 14.7 Å². The Labute approximate surface area is 144 Å². The van der Waals surface area contributed by atoms with Crippen molar-refractivity contribution in [2.24, 2.45) is 5.92 Å². The van der Waals surface area contributed by atoms with Crippen molar-refractivity contribution in [3.05, 3.63) is 52.8 Å². The van der Waals surface area contributed by atoms with Crippen molar-refractivity contribution in [3.8, 4) is 0 Å². The summed E-state index contributed by atoms with van der Waals surface area (Å²) in [5.41, 5.74) is 4.08. The maximum atomic E-state index is 12.9. The zero-order valence-corrected chi connectivity index (χ0v) is 15.1. The predicted octanol–water partition coefficient (Wildman–Crippen LogP) is 3.81. The molecular weight excluding hydrogens is 298 g/mol. The zero-order chi connectivity index (χ0) is 17.3. The minimum absolute atomic E-state index is 0.168. The molecule has 0 aliphatic carbocycles. The van der Waals surface area contributed by atoms with E-state index in [1.807, 2.05) is 29.8 Å². The van der Waals surface area contributed by atoms with Gasteiger partial charge in [-0.3, -0.25) is 9.48 Å². The molecule has 0 saturated carbocycles. The Hall–Kier alpha value is -2.10. The molecule has 128 valence electrons. The fourth-order valence-corrected chi connectivity index (χ4v) is 3.71. The number of rotatable bonds is 4. The molecule has 3 rings (SSSR count). The second-order valence-electron chi connectivity index (χ2n) is 7.24. The molecule has 0 spiro atoms. The first kappa shape index (κ1) is 16.7. The van der Waals surface area contributed by atoms with Crippen LogP contribution in [0.15, 0.2) is 30.3 Å². The van der Waals surface area contributed by atoms with Crippen LogP contribution in [0, 0.1) is 19.8 Å². The van der Waals surface area contributed by atoms with E-state index in [0.29, 0.717) is 18.5 Å². The van der Waals surface area contributed by atoms with Gasteiger partial charge in [-0.15, -0.1) is 0 Å². The molecule has 2 heterocycles. The van der Waals surface area contributed by atoms with Gasteiger partial charge in [0.15, 0.2) is 0 Å². The highest BCUT2D eigenvalue weighted by Gasteiger charge is 2.31. The number of hydrogen-bond acceptors (Lipinski definition) is 2. The van der Waals surface area contributed by atoms with E-state index in [9.17, 15) is 4.79 Å². The fourth-order valence-electron chi connectivity index (χ4n) is 3.71. The lowest BCUT2D eigenvalue weighted by Crippen LogP contribution is -2.38. The van der Waals surface area contributed by atoms with E-state index in [1.54, 1.807) is 0 Å². The van der Waals surface area contributed by atoms with E-state index in [1.165, 1.54) is 0 Å². The first-order valence-electron chi connectivity index (χ1n) is 8.86. The lowest BCUT2D eigenvalue weighted by atomic mass is 10.0. The monoisotopic (exact) mass is 325 g/mol. The van der Waals surface area contributed by atoms with E-state index in [4.69, 9.17) is 0 Å². The van der Waals surface area contributed by atoms with Crippen LogP contribution in [0.2, 0.25) is 0 Å². The number of carbonyl (C=O) groups is 1. The van der Waals surface area contributed by atoms with Gasteiger partial charge in [-0.05, 0) is 56.4 Å². The largest absolute Gasteiger partial charge is 0.335 e. The number of benzene rings is 1. The highest BCUT2D eigenvalue weighted by Crippen LogP contribution is 2.25. The Balaban J connectivity index is 1.80. The van der Waals surface area contributed by atoms with Gasteiger partial charge in [0.1, 0.15) is 0 Å². The van der Waals surface area contributed by atoms with E-state index in [2.05, 4.69) is 42.9 Å². The number of aromatic nitrogens is 2. The van der Waals surface area contributed by atoms with Crippen LogP contribution in [0.25, 0.3) is 0 Å². The van der Waals surface area contributed by atoms with Crippen molar-refractivity contribution in [1.29, 1.82) is 0 Å². The van der Waals surface area contributed by atoms with Gasteiger partial charge in [0.25, 0.3) is 5.91 Å². The van der Waals surface area contributed by atoms with Gasteiger partial charge in [-0.2, -0.15) is 5.10 Å². The van der Waals surface area contributed by atoms with Gasteiger partial charge in [-0.25, -0.2) is 0 Å². The number of aryl methyl sites for hydroxylation is 2. The van der Waals surface area contributed by atoms with Gasteiger partial charge < -0.3 is 4.90 Å². The second-order valence-corrected chi connectivity index (χ2v) is 7.24. The van der Waals surface area contributed by atoms with E-state index < -0.39 is 0 Å². The molecule has 4 nitrogen and oxygen atoms in total. The van der Waals surface area contributed by atoms with Crippen molar-refractivity contribution in [3.63, 3.8) is 0 Å². The minimum atomic E-state index is 0.168. The zero-order valence-electron chi connectivity index (χ0n) is 15.1. The lowest BCUT2D eigenvalue weighted by molar-refractivity contribution is 0.0701. The third kappa shape index (κ3) is 3.37. The number of likely N-dealkylation sites (tertiary alicyclic amines) is 1. The van der Waals surface area contributed by atoms with Gasteiger partial charge in [-0.1, -0.05) is 26.0 Å². The van der Waals surface area contributed by atoms with E-state index >= 15 is 0 Å². The third-order valence-corrected chi connectivity index (χ3v) is 4.94. The predicted molar refractivity (Wildman–Crippen MR) is 96.1 cm³/mol. The average molecular weight is 325 g/mol. The Morgan fingerprint density at radius 2 is 2.08 bits per heavy atom. The van der Waals surface area contributed by atoms with Crippen LogP contribution in [0.1, 0.15) is 54.0 Å². The van der Waals surface area contributed by atoms with Crippen molar-refractivity contribution < 1.29 is 4.79 Å². The molecule has 1 saturated heterocycles. The SMILES string of the molecule is Cc1cc(C)n(Cc2cccc(C(=O)N3CCC[C@H]3C(C)C)c2)n1. The Morgan fingerprint density at radius 1 is 1.29 bits per heavy atom. The Morgan fingerprint density at radius 3 is 2.75 bits per heavy atom.